The van der Waals surface area contributed by atoms with Crippen molar-refractivity contribution in [3.63, 3.8) is 0 Å². The number of amides is 3. The molecule has 0 aliphatic rings. The van der Waals surface area contributed by atoms with E-state index >= 15 is 0 Å². The molecule has 2 aromatic rings. The van der Waals surface area contributed by atoms with Gasteiger partial charge in [0.05, 0.1) is 4.90 Å². The van der Waals surface area contributed by atoms with Crippen molar-refractivity contribution in [1.82, 2.24) is 9.62 Å². The zero-order valence-corrected chi connectivity index (χ0v) is 18.3. The molecule has 162 valence electrons. The van der Waals surface area contributed by atoms with E-state index in [2.05, 4.69) is 16.0 Å². The molecule has 2 rings (SSSR count). The van der Waals surface area contributed by atoms with E-state index in [1.807, 2.05) is 0 Å². The maximum Gasteiger partial charge on any atom is 0.318 e. The fourth-order valence-corrected chi connectivity index (χ4v) is 4.31. The van der Waals surface area contributed by atoms with E-state index in [-0.39, 0.29) is 23.3 Å². The van der Waals surface area contributed by atoms with Gasteiger partial charge in [-0.2, -0.15) is 4.31 Å². The number of hydrogen-bond acceptors (Lipinski definition) is 4. The maximum atomic E-state index is 12.5. The molecule has 2 aromatic carbocycles. The summed E-state index contributed by atoms with van der Waals surface area (Å²) in [4.78, 5) is 23.7. The lowest BCUT2D eigenvalue weighted by atomic mass is 10.1. The summed E-state index contributed by atoms with van der Waals surface area (Å²) in [6.45, 7) is 4.45. The van der Waals surface area contributed by atoms with Crippen LogP contribution < -0.4 is 16.0 Å². The Morgan fingerprint density at radius 3 is 1.90 bits per heavy atom. The number of carbonyl (C=O) groups is 2. The Morgan fingerprint density at radius 1 is 0.867 bits per heavy atom. The monoisotopic (exact) mass is 432 g/mol. The van der Waals surface area contributed by atoms with Crippen LogP contribution in [0.15, 0.2) is 53.4 Å². The van der Waals surface area contributed by atoms with Crippen molar-refractivity contribution in [2.75, 3.05) is 30.8 Å². The zero-order chi connectivity index (χ0) is 22.1. The fraction of sp³-hybridized carbons (Fsp3) is 0.333. The smallest absolute Gasteiger partial charge is 0.318 e. The quantitative estimate of drug-likeness (QED) is 0.566. The zero-order valence-electron chi connectivity index (χ0n) is 17.4. The number of aryl methyl sites for hydroxylation is 1. The van der Waals surface area contributed by atoms with Crippen LogP contribution in [0.2, 0.25) is 0 Å². The predicted molar refractivity (Wildman–Crippen MR) is 118 cm³/mol. The first kappa shape index (κ1) is 23.4. The Labute approximate surface area is 177 Å². The topological polar surface area (TPSA) is 108 Å². The molecule has 0 aromatic heterocycles. The summed E-state index contributed by atoms with van der Waals surface area (Å²) in [5.41, 5.74) is 2.13. The van der Waals surface area contributed by atoms with Gasteiger partial charge in [0.25, 0.3) is 0 Å². The van der Waals surface area contributed by atoms with Gasteiger partial charge in [0.15, 0.2) is 0 Å². The van der Waals surface area contributed by atoms with Gasteiger partial charge in [0, 0.05) is 37.9 Å². The average Bonchev–Trinajstić information content (AvgIpc) is 2.74. The summed E-state index contributed by atoms with van der Waals surface area (Å²) in [6.07, 6.45) is 0.758. The lowest BCUT2D eigenvalue weighted by Gasteiger charge is -2.18. The number of benzene rings is 2. The molecular formula is C21H28N4O4S. The highest BCUT2D eigenvalue weighted by Gasteiger charge is 2.21. The first-order chi connectivity index (χ1) is 14.3. The highest BCUT2D eigenvalue weighted by atomic mass is 32.2. The van der Waals surface area contributed by atoms with E-state index in [0.29, 0.717) is 30.9 Å². The highest BCUT2D eigenvalue weighted by Crippen LogP contribution is 2.17. The van der Waals surface area contributed by atoms with E-state index in [9.17, 15) is 18.0 Å². The molecule has 0 atom stereocenters. The third-order valence-corrected chi connectivity index (χ3v) is 6.62. The molecule has 8 nitrogen and oxygen atoms in total. The molecule has 0 unspecified atom stereocenters. The molecule has 0 saturated carbocycles. The van der Waals surface area contributed by atoms with Crippen molar-refractivity contribution in [1.29, 1.82) is 0 Å². The van der Waals surface area contributed by atoms with Gasteiger partial charge >= 0.3 is 6.03 Å². The Bertz CT molecular complexity index is 954. The van der Waals surface area contributed by atoms with Gasteiger partial charge in [0.2, 0.25) is 15.9 Å². The first-order valence-electron chi connectivity index (χ1n) is 9.77. The van der Waals surface area contributed by atoms with Gasteiger partial charge in [-0.15, -0.1) is 0 Å². The number of nitrogens with zero attached hydrogens (tertiary/aromatic N) is 1. The van der Waals surface area contributed by atoms with Gasteiger partial charge in [-0.25, -0.2) is 13.2 Å². The number of rotatable bonds is 9. The van der Waals surface area contributed by atoms with Crippen molar-refractivity contribution in [2.45, 2.75) is 31.6 Å². The van der Waals surface area contributed by atoms with Gasteiger partial charge < -0.3 is 16.0 Å². The normalized spacial score (nSPS) is 11.2. The Balaban J connectivity index is 1.90. The van der Waals surface area contributed by atoms with Gasteiger partial charge in [-0.1, -0.05) is 26.0 Å². The molecule has 0 aliphatic heterocycles. The molecule has 30 heavy (non-hydrogen) atoms. The molecule has 0 bridgehead atoms. The molecular weight excluding hydrogens is 404 g/mol. The second-order valence-corrected chi connectivity index (χ2v) is 8.50. The van der Waals surface area contributed by atoms with Crippen LogP contribution in [-0.4, -0.2) is 44.8 Å². The van der Waals surface area contributed by atoms with E-state index in [1.165, 1.54) is 11.4 Å². The van der Waals surface area contributed by atoms with E-state index < -0.39 is 10.0 Å². The van der Waals surface area contributed by atoms with Crippen LogP contribution in [0.4, 0.5) is 16.2 Å². The molecule has 0 radical (unpaired) electrons. The van der Waals surface area contributed by atoms with Crippen LogP contribution in [-0.2, 0) is 21.2 Å². The van der Waals surface area contributed by atoms with Crippen molar-refractivity contribution in [3.8, 4) is 0 Å². The van der Waals surface area contributed by atoms with Crippen LogP contribution in [0.3, 0.4) is 0 Å². The van der Waals surface area contributed by atoms with Crippen molar-refractivity contribution in [3.05, 3.63) is 54.1 Å². The maximum absolute atomic E-state index is 12.5. The SMILES string of the molecule is CCN(CC)S(=O)(=O)c1ccc(CCC(=O)Nc2ccc(NC(=O)NC)cc2)cc1. The lowest BCUT2D eigenvalue weighted by Crippen LogP contribution is -2.30. The van der Waals surface area contributed by atoms with Crippen LogP contribution >= 0.6 is 0 Å². The summed E-state index contributed by atoms with van der Waals surface area (Å²) in [7, 11) is -1.95. The Hall–Kier alpha value is -2.91. The van der Waals surface area contributed by atoms with Gasteiger partial charge in [0.1, 0.15) is 0 Å². The summed E-state index contributed by atoms with van der Waals surface area (Å²) >= 11 is 0. The minimum absolute atomic E-state index is 0.151. The molecule has 0 heterocycles. The van der Waals surface area contributed by atoms with Gasteiger partial charge in [-0.05, 0) is 48.4 Å². The molecule has 0 spiro atoms. The van der Waals surface area contributed by atoms with Crippen LogP contribution in [0, 0.1) is 0 Å². The number of anilines is 2. The first-order valence-corrected chi connectivity index (χ1v) is 11.2. The Morgan fingerprint density at radius 2 is 1.40 bits per heavy atom. The third kappa shape index (κ3) is 6.30. The molecule has 3 amide bonds. The minimum Gasteiger partial charge on any atom is -0.341 e. The second-order valence-electron chi connectivity index (χ2n) is 6.56. The molecule has 0 fully saturated rings. The van der Waals surface area contributed by atoms with Crippen molar-refractivity contribution >= 4 is 33.3 Å². The lowest BCUT2D eigenvalue weighted by molar-refractivity contribution is -0.116. The predicted octanol–water partition coefficient (Wildman–Crippen LogP) is 3.04. The summed E-state index contributed by atoms with van der Waals surface area (Å²) in [5.74, 6) is -0.151. The van der Waals surface area contributed by atoms with E-state index in [4.69, 9.17) is 0 Å². The van der Waals surface area contributed by atoms with Crippen LogP contribution in [0.5, 0.6) is 0 Å². The average molecular weight is 433 g/mol. The molecule has 9 heteroatoms. The number of carbonyl (C=O) groups excluding carboxylic acids is 2. The number of nitrogens with one attached hydrogen (secondary N) is 3. The number of urea groups is 1. The highest BCUT2D eigenvalue weighted by molar-refractivity contribution is 7.89. The second kappa shape index (κ2) is 10.7. The van der Waals surface area contributed by atoms with Crippen molar-refractivity contribution < 1.29 is 18.0 Å². The van der Waals surface area contributed by atoms with E-state index in [0.717, 1.165) is 5.56 Å². The van der Waals surface area contributed by atoms with Gasteiger partial charge in [-0.3, -0.25) is 4.79 Å². The van der Waals surface area contributed by atoms with Crippen molar-refractivity contribution in [2.24, 2.45) is 0 Å². The fourth-order valence-electron chi connectivity index (χ4n) is 2.85. The standard InChI is InChI=1S/C21H28N4O4S/c1-4-25(5-2)30(28,29)19-13-6-16(7-14-19)8-15-20(26)23-17-9-11-18(12-10-17)24-21(27)22-3/h6-7,9-14H,4-5,8,15H2,1-3H3,(H,23,26)(H2,22,24,27). The summed E-state index contributed by atoms with van der Waals surface area (Å²) in [6, 6.07) is 13.1. The van der Waals surface area contributed by atoms with Crippen LogP contribution in [0.1, 0.15) is 25.8 Å². The summed E-state index contributed by atoms with van der Waals surface area (Å²) in [5, 5.41) is 7.90. The molecule has 0 aliphatic carbocycles. The van der Waals surface area contributed by atoms with Crippen LogP contribution in [0.25, 0.3) is 0 Å². The minimum atomic E-state index is -3.48. The summed E-state index contributed by atoms with van der Waals surface area (Å²) < 4.78 is 26.4. The molecule has 3 N–H and O–H groups in total. The molecule has 0 saturated heterocycles. The largest absolute Gasteiger partial charge is 0.341 e. The third-order valence-electron chi connectivity index (χ3n) is 4.56. The Kier molecular flexibility index (Phi) is 8.37. The van der Waals surface area contributed by atoms with E-state index in [1.54, 1.807) is 62.4 Å². The number of hydrogen-bond donors (Lipinski definition) is 3. The number of sulfonamides is 1.